The smallest absolute Gasteiger partial charge is 0.147 e. The maximum absolute atomic E-state index is 13.5. The van der Waals surface area contributed by atoms with Crippen LogP contribution >= 0.6 is 15.9 Å². The SMILES string of the molecule is Fc1cc(Br)ccc1NC1C=CCCC1. The van der Waals surface area contributed by atoms with Gasteiger partial charge in [-0.05, 0) is 37.5 Å². The summed E-state index contributed by atoms with van der Waals surface area (Å²) in [5.74, 6) is -0.205. The van der Waals surface area contributed by atoms with Crippen LogP contribution in [0.3, 0.4) is 0 Å². The molecular weight excluding hydrogens is 257 g/mol. The van der Waals surface area contributed by atoms with Gasteiger partial charge in [0.05, 0.1) is 5.69 Å². The van der Waals surface area contributed by atoms with Crippen molar-refractivity contribution < 1.29 is 4.39 Å². The summed E-state index contributed by atoms with van der Waals surface area (Å²) in [5, 5.41) is 3.19. The van der Waals surface area contributed by atoms with Gasteiger partial charge in [-0.1, -0.05) is 28.1 Å². The largest absolute Gasteiger partial charge is 0.376 e. The molecular formula is C12H13BrFN. The van der Waals surface area contributed by atoms with Gasteiger partial charge in [0, 0.05) is 10.5 Å². The number of halogens is 2. The molecule has 15 heavy (non-hydrogen) atoms. The van der Waals surface area contributed by atoms with Gasteiger partial charge in [0.25, 0.3) is 0 Å². The minimum atomic E-state index is -0.205. The molecule has 1 N–H and O–H groups in total. The summed E-state index contributed by atoms with van der Waals surface area (Å²) in [7, 11) is 0. The number of nitrogens with one attached hydrogen (secondary N) is 1. The number of benzene rings is 1. The zero-order valence-electron chi connectivity index (χ0n) is 8.34. The Balaban J connectivity index is 2.09. The molecule has 1 aromatic rings. The van der Waals surface area contributed by atoms with Gasteiger partial charge >= 0.3 is 0 Å². The lowest BCUT2D eigenvalue weighted by atomic mass is 10.0. The lowest BCUT2D eigenvalue weighted by Crippen LogP contribution is -2.19. The number of anilines is 1. The Morgan fingerprint density at radius 3 is 2.93 bits per heavy atom. The molecule has 1 unspecified atom stereocenters. The number of hydrogen-bond acceptors (Lipinski definition) is 1. The summed E-state index contributed by atoms with van der Waals surface area (Å²) in [6.07, 6.45) is 7.65. The van der Waals surface area contributed by atoms with Crippen LogP contribution in [0.15, 0.2) is 34.8 Å². The van der Waals surface area contributed by atoms with Crippen LogP contribution in [0, 0.1) is 5.82 Å². The first-order valence-corrected chi connectivity index (χ1v) is 5.93. The molecule has 1 nitrogen and oxygen atoms in total. The number of rotatable bonds is 2. The van der Waals surface area contributed by atoms with Gasteiger partial charge in [0.15, 0.2) is 0 Å². The molecule has 0 heterocycles. The normalized spacial score (nSPS) is 20.3. The molecule has 80 valence electrons. The van der Waals surface area contributed by atoms with Crippen molar-refractivity contribution in [2.24, 2.45) is 0 Å². The van der Waals surface area contributed by atoms with E-state index in [4.69, 9.17) is 0 Å². The minimum Gasteiger partial charge on any atom is -0.376 e. The van der Waals surface area contributed by atoms with Crippen LogP contribution in [0.1, 0.15) is 19.3 Å². The summed E-state index contributed by atoms with van der Waals surface area (Å²) in [6, 6.07) is 5.36. The summed E-state index contributed by atoms with van der Waals surface area (Å²) < 4.78 is 14.3. The van der Waals surface area contributed by atoms with Crippen LogP contribution in [-0.4, -0.2) is 6.04 Å². The highest BCUT2D eigenvalue weighted by Gasteiger charge is 2.10. The van der Waals surface area contributed by atoms with E-state index >= 15 is 0 Å². The summed E-state index contributed by atoms with van der Waals surface area (Å²) in [5.41, 5.74) is 0.578. The van der Waals surface area contributed by atoms with Crippen LogP contribution in [0.2, 0.25) is 0 Å². The fraction of sp³-hybridized carbons (Fsp3) is 0.333. The second kappa shape index (κ2) is 4.79. The van der Waals surface area contributed by atoms with Crippen LogP contribution < -0.4 is 5.32 Å². The van der Waals surface area contributed by atoms with Gasteiger partial charge in [-0.25, -0.2) is 4.39 Å². The molecule has 0 saturated carbocycles. The standard InChI is InChI=1S/C12H13BrFN/c13-9-6-7-12(11(14)8-9)15-10-4-2-1-3-5-10/h2,4,6-8,10,15H,1,3,5H2. The molecule has 2 rings (SSSR count). The zero-order chi connectivity index (χ0) is 10.7. The molecule has 0 fully saturated rings. The molecule has 1 atom stereocenters. The van der Waals surface area contributed by atoms with E-state index < -0.39 is 0 Å². The zero-order valence-corrected chi connectivity index (χ0v) is 9.93. The van der Waals surface area contributed by atoms with E-state index in [1.54, 1.807) is 6.07 Å². The molecule has 0 radical (unpaired) electrons. The lowest BCUT2D eigenvalue weighted by Gasteiger charge is -2.19. The predicted molar refractivity (Wildman–Crippen MR) is 64.5 cm³/mol. The van der Waals surface area contributed by atoms with E-state index in [0.29, 0.717) is 5.69 Å². The average Bonchev–Trinajstić information content (AvgIpc) is 2.24. The van der Waals surface area contributed by atoms with Crippen LogP contribution in [0.25, 0.3) is 0 Å². The quantitative estimate of drug-likeness (QED) is 0.797. The van der Waals surface area contributed by atoms with E-state index in [1.807, 2.05) is 6.07 Å². The van der Waals surface area contributed by atoms with Crippen molar-refractivity contribution in [1.29, 1.82) is 0 Å². The number of allylic oxidation sites excluding steroid dienone is 1. The van der Waals surface area contributed by atoms with Gasteiger partial charge in [0.1, 0.15) is 5.82 Å². The number of hydrogen-bond donors (Lipinski definition) is 1. The third-order valence-electron chi connectivity index (χ3n) is 2.53. The van der Waals surface area contributed by atoms with E-state index in [1.165, 1.54) is 12.5 Å². The highest BCUT2D eigenvalue weighted by atomic mass is 79.9. The van der Waals surface area contributed by atoms with Crippen molar-refractivity contribution in [3.8, 4) is 0 Å². The molecule has 0 bridgehead atoms. The van der Waals surface area contributed by atoms with Crippen molar-refractivity contribution in [2.75, 3.05) is 5.32 Å². The van der Waals surface area contributed by atoms with Gasteiger partial charge in [-0.15, -0.1) is 0 Å². The molecule has 0 spiro atoms. The second-order valence-electron chi connectivity index (χ2n) is 3.73. The molecule has 0 aromatic heterocycles. The Labute approximate surface area is 97.5 Å². The predicted octanol–water partition coefficient (Wildman–Crippen LogP) is 4.11. The maximum atomic E-state index is 13.5. The highest BCUT2D eigenvalue weighted by Crippen LogP contribution is 2.22. The molecule has 1 aliphatic carbocycles. The molecule has 0 aliphatic heterocycles. The Morgan fingerprint density at radius 2 is 2.27 bits per heavy atom. The third-order valence-corrected chi connectivity index (χ3v) is 3.02. The first-order valence-electron chi connectivity index (χ1n) is 5.14. The second-order valence-corrected chi connectivity index (χ2v) is 4.65. The summed E-state index contributed by atoms with van der Waals surface area (Å²) in [6.45, 7) is 0. The van der Waals surface area contributed by atoms with Crippen LogP contribution in [-0.2, 0) is 0 Å². The van der Waals surface area contributed by atoms with Crippen LogP contribution in [0.5, 0.6) is 0 Å². The van der Waals surface area contributed by atoms with Gasteiger partial charge in [-0.3, -0.25) is 0 Å². The molecule has 1 aromatic carbocycles. The van der Waals surface area contributed by atoms with Crippen molar-refractivity contribution in [3.63, 3.8) is 0 Å². The van der Waals surface area contributed by atoms with Gasteiger partial charge < -0.3 is 5.32 Å². The molecule has 1 aliphatic rings. The average molecular weight is 270 g/mol. The molecule has 0 amide bonds. The third kappa shape index (κ3) is 2.81. The van der Waals surface area contributed by atoms with Crippen LogP contribution in [0.4, 0.5) is 10.1 Å². The van der Waals surface area contributed by atoms with E-state index in [2.05, 4.69) is 33.4 Å². The van der Waals surface area contributed by atoms with E-state index in [0.717, 1.165) is 17.3 Å². The van der Waals surface area contributed by atoms with E-state index in [-0.39, 0.29) is 11.9 Å². The van der Waals surface area contributed by atoms with Crippen molar-refractivity contribution in [2.45, 2.75) is 25.3 Å². The summed E-state index contributed by atoms with van der Waals surface area (Å²) in [4.78, 5) is 0. The Kier molecular flexibility index (Phi) is 3.41. The van der Waals surface area contributed by atoms with Crippen molar-refractivity contribution in [3.05, 3.63) is 40.6 Å². The fourth-order valence-electron chi connectivity index (χ4n) is 1.74. The maximum Gasteiger partial charge on any atom is 0.147 e. The topological polar surface area (TPSA) is 12.0 Å². The monoisotopic (exact) mass is 269 g/mol. The van der Waals surface area contributed by atoms with Gasteiger partial charge in [0.2, 0.25) is 0 Å². The highest BCUT2D eigenvalue weighted by molar-refractivity contribution is 9.10. The Bertz CT molecular complexity index is 376. The van der Waals surface area contributed by atoms with E-state index in [9.17, 15) is 4.39 Å². The van der Waals surface area contributed by atoms with Gasteiger partial charge in [-0.2, -0.15) is 0 Å². The molecule has 0 saturated heterocycles. The van der Waals surface area contributed by atoms with Crippen molar-refractivity contribution >= 4 is 21.6 Å². The Morgan fingerprint density at radius 1 is 1.40 bits per heavy atom. The summed E-state index contributed by atoms with van der Waals surface area (Å²) >= 11 is 3.24. The first-order chi connectivity index (χ1) is 7.25. The molecule has 3 heteroatoms. The fourth-order valence-corrected chi connectivity index (χ4v) is 2.07. The Hall–Kier alpha value is -0.830. The first kappa shape index (κ1) is 10.7. The lowest BCUT2D eigenvalue weighted by molar-refractivity contribution is 0.619. The minimum absolute atomic E-state index is 0.205. The van der Waals surface area contributed by atoms with Crippen molar-refractivity contribution in [1.82, 2.24) is 0 Å².